The first-order valence-electron chi connectivity index (χ1n) is 11.8. The second-order valence-electron chi connectivity index (χ2n) is 8.64. The van der Waals surface area contributed by atoms with Crippen LogP contribution in [0.4, 0.5) is 17.1 Å². The molecule has 10 nitrogen and oxygen atoms in total. The van der Waals surface area contributed by atoms with Crippen molar-refractivity contribution in [3.8, 4) is 11.5 Å². The largest absolute Gasteiger partial charge is 0.493 e. The van der Waals surface area contributed by atoms with E-state index < -0.39 is 14.9 Å². The number of methoxy groups -OCH3 is 2. The highest BCUT2D eigenvalue weighted by Crippen LogP contribution is 2.34. The lowest BCUT2D eigenvalue weighted by molar-refractivity contribution is -0.384. The van der Waals surface area contributed by atoms with E-state index in [0.717, 1.165) is 11.3 Å². The zero-order valence-electron chi connectivity index (χ0n) is 21.0. The molecule has 3 aromatic rings. The second kappa shape index (κ2) is 11.1. The summed E-state index contributed by atoms with van der Waals surface area (Å²) in [5.41, 5.74) is 2.20. The number of ether oxygens (including phenoxy) is 2. The zero-order chi connectivity index (χ0) is 26.6. The molecule has 196 valence electrons. The third kappa shape index (κ3) is 5.62. The first-order chi connectivity index (χ1) is 17.7. The van der Waals surface area contributed by atoms with E-state index in [9.17, 15) is 18.5 Å². The average molecular weight is 527 g/mol. The van der Waals surface area contributed by atoms with E-state index in [1.54, 1.807) is 18.2 Å². The number of nitrogens with one attached hydrogen (secondary N) is 1. The molecular weight excluding hydrogens is 496 g/mol. The Kier molecular flexibility index (Phi) is 7.84. The summed E-state index contributed by atoms with van der Waals surface area (Å²) >= 11 is 0. The van der Waals surface area contributed by atoms with Gasteiger partial charge in [0.2, 0.25) is 10.0 Å². The van der Waals surface area contributed by atoms with Gasteiger partial charge in [0.25, 0.3) is 5.69 Å². The van der Waals surface area contributed by atoms with E-state index in [1.165, 1.54) is 36.7 Å². The zero-order valence-corrected chi connectivity index (χ0v) is 21.8. The Bertz CT molecular complexity index is 1360. The van der Waals surface area contributed by atoms with Crippen LogP contribution in [-0.4, -0.2) is 58.0 Å². The predicted molar refractivity (Wildman–Crippen MR) is 142 cm³/mol. The number of nitro groups is 1. The van der Waals surface area contributed by atoms with E-state index in [1.807, 2.05) is 42.2 Å². The fourth-order valence-corrected chi connectivity index (χ4v) is 5.80. The molecule has 1 aliphatic heterocycles. The van der Waals surface area contributed by atoms with Crippen molar-refractivity contribution in [3.05, 3.63) is 82.4 Å². The molecule has 0 bridgehead atoms. The van der Waals surface area contributed by atoms with Crippen molar-refractivity contribution >= 4 is 27.1 Å². The molecule has 1 atom stereocenters. The number of nitrogens with zero attached hydrogens (tertiary/aromatic N) is 3. The van der Waals surface area contributed by atoms with E-state index in [4.69, 9.17) is 9.47 Å². The number of nitro benzene ring substituents is 1. The molecule has 11 heteroatoms. The van der Waals surface area contributed by atoms with Crippen LogP contribution in [0.5, 0.6) is 11.5 Å². The molecule has 0 aromatic heterocycles. The maximum absolute atomic E-state index is 13.3. The van der Waals surface area contributed by atoms with Crippen molar-refractivity contribution < 1.29 is 22.8 Å². The van der Waals surface area contributed by atoms with Gasteiger partial charge in [-0.2, -0.15) is 4.31 Å². The van der Waals surface area contributed by atoms with Crippen LogP contribution < -0.4 is 19.7 Å². The van der Waals surface area contributed by atoms with Crippen LogP contribution >= 0.6 is 0 Å². The highest BCUT2D eigenvalue weighted by molar-refractivity contribution is 7.89. The van der Waals surface area contributed by atoms with Gasteiger partial charge in [0.15, 0.2) is 11.5 Å². The molecule has 4 rings (SSSR count). The standard InChI is InChI=1S/C26H30N4O6S/c1-19(20-7-5-4-6-8-20)27-23-17-21(9-11-24(23)30(31)32)28-13-15-29(16-14-28)37(33,34)22-10-12-25(35-2)26(18-22)36-3/h4-12,17-19,27H,13-16H2,1-3H3. The maximum atomic E-state index is 13.3. The van der Waals surface area contributed by atoms with E-state index in [-0.39, 0.29) is 29.7 Å². The van der Waals surface area contributed by atoms with Crippen LogP contribution in [0.3, 0.4) is 0 Å². The minimum Gasteiger partial charge on any atom is -0.493 e. The van der Waals surface area contributed by atoms with Crippen LogP contribution in [0.1, 0.15) is 18.5 Å². The fraction of sp³-hybridized carbons (Fsp3) is 0.308. The molecular formula is C26H30N4O6S. The Hall–Kier alpha value is -3.83. The van der Waals surface area contributed by atoms with Gasteiger partial charge < -0.3 is 19.7 Å². The fourth-order valence-electron chi connectivity index (χ4n) is 4.37. The topological polar surface area (TPSA) is 114 Å². The second-order valence-corrected chi connectivity index (χ2v) is 10.6. The number of anilines is 2. The Labute approximate surface area is 216 Å². The SMILES string of the molecule is COc1ccc(S(=O)(=O)N2CCN(c3ccc([N+](=O)[O-])c(NC(C)c4ccccc4)c3)CC2)cc1OC. The van der Waals surface area contributed by atoms with Crippen molar-refractivity contribution in [3.63, 3.8) is 0 Å². The van der Waals surface area contributed by atoms with Crippen molar-refractivity contribution in [1.29, 1.82) is 0 Å². The van der Waals surface area contributed by atoms with Gasteiger partial charge >= 0.3 is 0 Å². The molecule has 0 radical (unpaired) electrons. The summed E-state index contributed by atoms with van der Waals surface area (Å²) in [5, 5.41) is 14.9. The van der Waals surface area contributed by atoms with E-state index >= 15 is 0 Å². The lowest BCUT2D eigenvalue weighted by Gasteiger charge is -2.35. The summed E-state index contributed by atoms with van der Waals surface area (Å²) in [4.78, 5) is 13.4. The van der Waals surface area contributed by atoms with Gasteiger partial charge in [-0.1, -0.05) is 30.3 Å². The van der Waals surface area contributed by atoms with Crippen LogP contribution in [0.15, 0.2) is 71.6 Å². The van der Waals surface area contributed by atoms with Gasteiger partial charge in [-0.15, -0.1) is 0 Å². The van der Waals surface area contributed by atoms with Gasteiger partial charge in [0.05, 0.1) is 24.0 Å². The number of sulfonamides is 1. The molecule has 0 saturated carbocycles. The van der Waals surface area contributed by atoms with Gasteiger partial charge in [0, 0.05) is 50.0 Å². The minimum absolute atomic E-state index is 0.0128. The normalized spacial score (nSPS) is 15.2. The van der Waals surface area contributed by atoms with Crippen LogP contribution in [0.25, 0.3) is 0 Å². The first kappa shape index (κ1) is 26.2. The molecule has 37 heavy (non-hydrogen) atoms. The number of benzene rings is 3. The Morgan fingerprint density at radius 2 is 1.59 bits per heavy atom. The van der Waals surface area contributed by atoms with Crippen molar-refractivity contribution in [1.82, 2.24) is 4.31 Å². The molecule has 1 unspecified atom stereocenters. The molecule has 1 aliphatic rings. The first-order valence-corrected chi connectivity index (χ1v) is 13.3. The predicted octanol–water partition coefficient (Wildman–Crippen LogP) is 4.30. The Morgan fingerprint density at radius 1 is 0.919 bits per heavy atom. The summed E-state index contributed by atoms with van der Waals surface area (Å²) < 4.78 is 38.4. The smallest absolute Gasteiger partial charge is 0.292 e. The molecule has 3 aromatic carbocycles. The molecule has 0 spiro atoms. The van der Waals surface area contributed by atoms with Gasteiger partial charge in [-0.25, -0.2) is 8.42 Å². The third-order valence-corrected chi connectivity index (χ3v) is 8.34. The summed E-state index contributed by atoms with van der Waals surface area (Å²) in [6.45, 7) is 3.38. The van der Waals surface area contributed by atoms with Crippen LogP contribution in [0, 0.1) is 10.1 Å². The highest BCUT2D eigenvalue weighted by atomic mass is 32.2. The molecule has 0 amide bonds. The highest BCUT2D eigenvalue weighted by Gasteiger charge is 2.30. The van der Waals surface area contributed by atoms with Gasteiger partial charge in [0.1, 0.15) is 5.69 Å². The summed E-state index contributed by atoms with van der Waals surface area (Å²) in [7, 11) is -0.776. The van der Waals surface area contributed by atoms with E-state index in [0.29, 0.717) is 30.3 Å². The average Bonchev–Trinajstić information content (AvgIpc) is 2.93. The van der Waals surface area contributed by atoms with Gasteiger partial charge in [-0.05, 0) is 36.8 Å². The molecule has 0 aliphatic carbocycles. The molecule has 1 heterocycles. The summed E-state index contributed by atoms with van der Waals surface area (Å²) in [6, 6.07) is 19.0. The van der Waals surface area contributed by atoms with Crippen molar-refractivity contribution in [2.75, 3.05) is 50.6 Å². The van der Waals surface area contributed by atoms with Crippen LogP contribution in [0.2, 0.25) is 0 Å². The lowest BCUT2D eigenvalue weighted by atomic mass is 10.1. The number of piperazine rings is 1. The Balaban J connectivity index is 1.50. The van der Waals surface area contributed by atoms with Crippen LogP contribution in [-0.2, 0) is 10.0 Å². The number of hydrogen-bond donors (Lipinski definition) is 1. The lowest BCUT2D eigenvalue weighted by Crippen LogP contribution is -2.48. The maximum Gasteiger partial charge on any atom is 0.292 e. The van der Waals surface area contributed by atoms with Crippen molar-refractivity contribution in [2.24, 2.45) is 0 Å². The quantitative estimate of drug-likeness (QED) is 0.324. The van der Waals surface area contributed by atoms with E-state index in [2.05, 4.69) is 5.32 Å². The Morgan fingerprint density at radius 3 is 2.22 bits per heavy atom. The molecule has 1 fully saturated rings. The van der Waals surface area contributed by atoms with Gasteiger partial charge in [-0.3, -0.25) is 10.1 Å². The number of rotatable bonds is 9. The summed E-state index contributed by atoms with van der Waals surface area (Å²) in [5.74, 6) is 0.799. The molecule has 1 saturated heterocycles. The minimum atomic E-state index is -3.73. The molecule has 1 N–H and O–H groups in total. The third-order valence-electron chi connectivity index (χ3n) is 6.44. The number of hydrogen-bond acceptors (Lipinski definition) is 8. The summed E-state index contributed by atoms with van der Waals surface area (Å²) in [6.07, 6.45) is 0. The monoisotopic (exact) mass is 526 g/mol. The van der Waals surface area contributed by atoms with Crippen molar-refractivity contribution in [2.45, 2.75) is 17.9 Å².